The van der Waals surface area contributed by atoms with Crippen LogP contribution in [0.25, 0.3) is 0 Å². The Labute approximate surface area is 175 Å². The van der Waals surface area contributed by atoms with Crippen molar-refractivity contribution in [3.8, 4) is 0 Å². The van der Waals surface area contributed by atoms with E-state index in [4.69, 9.17) is 5.11 Å². The molecule has 0 unspecified atom stereocenters. The number of hydrogen-bond acceptors (Lipinski definition) is 7. The van der Waals surface area contributed by atoms with Crippen LogP contribution in [0.15, 0.2) is 10.6 Å². The monoisotopic (exact) mass is 435 g/mol. The van der Waals surface area contributed by atoms with Crippen molar-refractivity contribution < 1.29 is 24.9 Å². The van der Waals surface area contributed by atoms with E-state index in [0.29, 0.717) is 6.04 Å². The van der Waals surface area contributed by atoms with E-state index >= 15 is 0 Å². The van der Waals surface area contributed by atoms with Gasteiger partial charge in [0.2, 0.25) is 5.91 Å². The molecule has 2 saturated heterocycles. The molecule has 160 valence electrons. The number of carbonyl (C=O) groups excluding carboxylic acids is 1. The second kappa shape index (κ2) is 9.77. The summed E-state index contributed by atoms with van der Waals surface area (Å²) in [4.78, 5) is 26.4. The molecule has 0 aromatic heterocycles. The fourth-order valence-electron chi connectivity index (χ4n) is 4.50. The van der Waals surface area contributed by atoms with Gasteiger partial charge in [0.1, 0.15) is 5.70 Å². The van der Waals surface area contributed by atoms with Gasteiger partial charge in [-0.3, -0.25) is 10.1 Å². The topological polar surface area (TPSA) is 122 Å². The SMILES string of the molecule is C[C@@H]1C(S[C@@H]2CN[C@@H](CCCNCO)C2)=C(C(=O)O)N2C(=O)[C@H]([C@@H](C)O)[C@@H]12.Cl. The zero-order chi connectivity index (χ0) is 19.7. The maximum atomic E-state index is 12.4. The molecular formula is C18H30ClN3O5S. The van der Waals surface area contributed by atoms with Crippen LogP contribution in [-0.2, 0) is 9.59 Å². The highest BCUT2D eigenvalue weighted by Crippen LogP contribution is 2.51. The summed E-state index contributed by atoms with van der Waals surface area (Å²) in [7, 11) is 0. The molecule has 1 amide bonds. The minimum atomic E-state index is -1.07. The third kappa shape index (κ3) is 4.34. The lowest BCUT2D eigenvalue weighted by Gasteiger charge is -2.46. The summed E-state index contributed by atoms with van der Waals surface area (Å²) in [6.45, 7) is 5.12. The molecule has 28 heavy (non-hydrogen) atoms. The van der Waals surface area contributed by atoms with Crippen molar-refractivity contribution in [3.63, 3.8) is 0 Å². The third-order valence-corrected chi connectivity index (χ3v) is 7.32. The third-order valence-electron chi connectivity index (χ3n) is 5.80. The fourth-order valence-corrected chi connectivity index (χ4v) is 6.02. The largest absolute Gasteiger partial charge is 0.477 e. The van der Waals surface area contributed by atoms with Gasteiger partial charge in [0.15, 0.2) is 0 Å². The molecule has 0 bridgehead atoms. The first-order chi connectivity index (χ1) is 12.9. The summed E-state index contributed by atoms with van der Waals surface area (Å²) in [5, 5.41) is 35.0. The Balaban J connectivity index is 0.00000280. The molecular weight excluding hydrogens is 406 g/mol. The van der Waals surface area contributed by atoms with Crippen LogP contribution in [0.4, 0.5) is 0 Å². The average Bonchev–Trinajstić information content (AvgIpc) is 3.14. The van der Waals surface area contributed by atoms with Crippen molar-refractivity contribution in [1.82, 2.24) is 15.5 Å². The quantitative estimate of drug-likeness (QED) is 0.200. The van der Waals surface area contributed by atoms with Gasteiger partial charge in [-0.25, -0.2) is 4.79 Å². The van der Waals surface area contributed by atoms with E-state index < -0.39 is 18.0 Å². The molecule has 3 aliphatic heterocycles. The minimum Gasteiger partial charge on any atom is -0.477 e. The Bertz CT molecular complexity index is 632. The Morgan fingerprint density at radius 3 is 2.79 bits per heavy atom. The molecule has 2 fully saturated rings. The molecule has 3 rings (SSSR count). The normalized spacial score (nSPS) is 32.8. The lowest BCUT2D eigenvalue weighted by atomic mass is 9.79. The molecule has 3 heterocycles. The van der Waals surface area contributed by atoms with Gasteiger partial charge in [0.25, 0.3) is 0 Å². The van der Waals surface area contributed by atoms with Crippen LogP contribution >= 0.6 is 24.2 Å². The highest BCUT2D eigenvalue weighted by atomic mass is 35.5. The van der Waals surface area contributed by atoms with Gasteiger partial charge in [0, 0.05) is 28.7 Å². The average molecular weight is 436 g/mol. The van der Waals surface area contributed by atoms with E-state index in [1.165, 1.54) is 4.90 Å². The zero-order valence-corrected chi connectivity index (χ0v) is 17.8. The van der Waals surface area contributed by atoms with Crippen molar-refractivity contribution in [2.75, 3.05) is 19.8 Å². The van der Waals surface area contributed by atoms with Crippen molar-refractivity contribution in [3.05, 3.63) is 10.6 Å². The predicted octanol–water partition coefficient (Wildman–Crippen LogP) is 0.345. The van der Waals surface area contributed by atoms with E-state index in [-0.39, 0.29) is 48.0 Å². The molecule has 10 heteroatoms. The number of carbonyl (C=O) groups is 2. The number of aliphatic hydroxyl groups is 2. The number of hydrogen-bond donors (Lipinski definition) is 5. The van der Waals surface area contributed by atoms with Crippen molar-refractivity contribution in [1.29, 1.82) is 0 Å². The standard InChI is InChI=1S/C18H29N3O5S.ClH/c1-9-14-13(10(2)23)17(24)21(14)15(18(25)26)16(9)27-12-6-11(20-7-12)4-3-5-19-8-22;/h9-14,19-20,22-23H,3-8H2,1-2H3,(H,25,26);1H/t9-,10+,11-,12-,13+,14+;/m0./s1. The van der Waals surface area contributed by atoms with E-state index in [2.05, 4.69) is 10.6 Å². The highest BCUT2D eigenvalue weighted by Gasteiger charge is 2.60. The highest BCUT2D eigenvalue weighted by molar-refractivity contribution is 8.03. The van der Waals surface area contributed by atoms with Gasteiger partial charge < -0.3 is 25.5 Å². The number of β-lactam (4-membered cyclic amide) rings is 1. The predicted molar refractivity (Wildman–Crippen MR) is 109 cm³/mol. The molecule has 0 spiro atoms. The molecule has 3 aliphatic rings. The Kier molecular flexibility index (Phi) is 8.18. The van der Waals surface area contributed by atoms with Gasteiger partial charge in [-0.1, -0.05) is 6.92 Å². The van der Waals surface area contributed by atoms with Crippen molar-refractivity contribution in [2.45, 2.75) is 56.5 Å². The second-order valence-corrected chi connectivity index (χ2v) is 9.00. The molecule has 6 atom stereocenters. The molecule has 0 radical (unpaired) electrons. The number of nitrogens with zero attached hydrogens (tertiary/aromatic N) is 1. The second-order valence-electron chi connectivity index (χ2n) is 7.65. The first-order valence-electron chi connectivity index (χ1n) is 9.57. The van der Waals surface area contributed by atoms with E-state index in [0.717, 1.165) is 37.3 Å². The lowest BCUT2D eigenvalue weighted by molar-refractivity contribution is -0.163. The van der Waals surface area contributed by atoms with Crippen LogP contribution in [0.5, 0.6) is 0 Å². The Morgan fingerprint density at radius 2 is 2.18 bits per heavy atom. The van der Waals surface area contributed by atoms with Crippen LogP contribution in [0.2, 0.25) is 0 Å². The number of nitrogens with one attached hydrogen (secondary N) is 2. The number of carboxylic acids is 1. The molecule has 0 saturated carbocycles. The Hall–Kier alpha value is -0.840. The summed E-state index contributed by atoms with van der Waals surface area (Å²) in [6.07, 6.45) is 2.15. The molecule has 5 N–H and O–H groups in total. The fraction of sp³-hybridized carbons (Fsp3) is 0.778. The number of aliphatic carboxylic acids is 1. The van der Waals surface area contributed by atoms with Crippen LogP contribution in [0.3, 0.4) is 0 Å². The molecule has 8 nitrogen and oxygen atoms in total. The number of thioether (sulfide) groups is 1. The van der Waals surface area contributed by atoms with Gasteiger partial charge in [0.05, 0.1) is 24.8 Å². The summed E-state index contributed by atoms with van der Waals surface area (Å²) in [6, 6.07) is 0.137. The van der Waals surface area contributed by atoms with Gasteiger partial charge in [-0.2, -0.15) is 0 Å². The summed E-state index contributed by atoms with van der Waals surface area (Å²) < 4.78 is 0. The first-order valence-corrected chi connectivity index (χ1v) is 10.4. The van der Waals surface area contributed by atoms with E-state index in [9.17, 15) is 19.8 Å². The zero-order valence-electron chi connectivity index (χ0n) is 16.1. The molecule has 0 aromatic carbocycles. The van der Waals surface area contributed by atoms with E-state index in [1.807, 2.05) is 6.92 Å². The first kappa shape index (κ1) is 23.4. The number of amides is 1. The van der Waals surface area contributed by atoms with Gasteiger partial charge >= 0.3 is 5.97 Å². The maximum absolute atomic E-state index is 12.4. The van der Waals surface area contributed by atoms with Crippen LogP contribution in [0.1, 0.15) is 33.1 Å². The van der Waals surface area contributed by atoms with Crippen LogP contribution in [-0.4, -0.2) is 75.4 Å². The maximum Gasteiger partial charge on any atom is 0.353 e. The van der Waals surface area contributed by atoms with Crippen molar-refractivity contribution in [2.24, 2.45) is 11.8 Å². The van der Waals surface area contributed by atoms with Crippen LogP contribution < -0.4 is 10.6 Å². The smallest absolute Gasteiger partial charge is 0.353 e. The van der Waals surface area contributed by atoms with Gasteiger partial charge in [-0.05, 0) is 32.7 Å². The van der Waals surface area contributed by atoms with Crippen molar-refractivity contribution >= 4 is 36.0 Å². The number of aliphatic hydroxyl groups excluding tert-OH is 2. The van der Waals surface area contributed by atoms with Crippen LogP contribution in [0, 0.1) is 11.8 Å². The molecule has 0 aliphatic carbocycles. The number of fused-ring (bicyclic) bond motifs is 1. The lowest BCUT2D eigenvalue weighted by Crippen LogP contribution is -2.63. The summed E-state index contributed by atoms with van der Waals surface area (Å²) >= 11 is 1.58. The Morgan fingerprint density at radius 1 is 1.46 bits per heavy atom. The summed E-state index contributed by atoms with van der Waals surface area (Å²) in [5.74, 6) is -1.94. The van der Waals surface area contributed by atoms with E-state index in [1.54, 1.807) is 18.7 Å². The molecule has 0 aromatic rings. The number of carboxylic acid groups (broad SMARTS) is 1. The summed E-state index contributed by atoms with van der Waals surface area (Å²) in [5.41, 5.74) is 0.106. The van der Waals surface area contributed by atoms with Gasteiger partial charge in [-0.15, -0.1) is 24.2 Å². The number of halogens is 1. The number of rotatable bonds is 9. The minimum absolute atomic E-state index is 0.